The number of rotatable bonds is 8. The molecular formula is C19H30N2O2. The predicted molar refractivity (Wildman–Crippen MR) is 93.5 cm³/mol. The van der Waals surface area contributed by atoms with Crippen LogP contribution in [0.15, 0.2) is 24.3 Å². The van der Waals surface area contributed by atoms with E-state index < -0.39 is 0 Å². The highest BCUT2D eigenvalue weighted by molar-refractivity contribution is 5.78. The molecule has 1 aliphatic carbocycles. The monoisotopic (exact) mass is 318 g/mol. The fourth-order valence-electron chi connectivity index (χ4n) is 2.76. The summed E-state index contributed by atoms with van der Waals surface area (Å²) in [7, 11) is 3.57. The van der Waals surface area contributed by atoms with Gasteiger partial charge >= 0.3 is 0 Å². The molecule has 0 N–H and O–H groups in total. The molecule has 0 radical (unpaired) electrons. The Morgan fingerprint density at radius 2 is 1.83 bits per heavy atom. The summed E-state index contributed by atoms with van der Waals surface area (Å²) in [5, 5.41) is 0. The van der Waals surface area contributed by atoms with Gasteiger partial charge in [-0.15, -0.1) is 0 Å². The third-order valence-electron chi connectivity index (χ3n) is 4.93. The summed E-state index contributed by atoms with van der Waals surface area (Å²) in [6.07, 6.45) is 2.57. The molecule has 0 aromatic heterocycles. The first-order valence-corrected chi connectivity index (χ1v) is 8.55. The average molecular weight is 318 g/mol. The van der Waals surface area contributed by atoms with Crippen molar-refractivity contribution in [2.45, 2.75) is 52.2 Å². The number of benzene rings is 1. The van der Waals surface area contributed by atoms with E-state index in [4.69, 9.17) is 4.74 Å². The fraction of sp³-hybridized carbons (Fsp3) is 0.632. The van der Waals surface area contributed by atoms with E-state index >= 15 is 0 Å². The second kappa shape index (κ2) is 7.82. The van der Waals surface area contributed by atoms with Crippen molar-refractivity contribution < 1.29 is 9.53 Å². The van der Waals surface area contributed by atoms with Gasteiger partial charge in [-0.2, -0.15) is 0 Å². The van der Waals surface area contributed by atoms with E-state index in [0.29, 0.717) is 12.6 Å². The van der Waals surface area contributed by atoms with Crippen LogP contribution in [0.1, 0.15) is 39.2 Å². The standard InChI is InChI=1S/C19H30N2O2/c1-14(2)20(4)19(22)13-21(15(3)17-8-9-17)12-16-6-10-18(23-5)11-7-16/h6-7,10-11,14-15,17H,8-9,12-13H2,1-5H3. The Bertz CT molecular complexity index is 509. The molecule has 1 aromatic carbocycles. The molecule has 0 spiro atoms. The van der Waals surface area contributed by atoms with Crippen molar-refractivity contribution in [3.05, 3.63) is 29.8 Å². The van der Waals surface area contributed by atoms with Crippen LogP contribution in [0.3, 0.4) is 0 Å². The molecule has 0 heterocycles. The molecule has 1 aliphatic rings. The number of amides is 1. The third kappa shape index (κ3) is 4.96. The van der Waals surface area contributed by atoms with Crippen molar-refractivity contribution in [2.24, 2.45) is 5.92 Å². The predicted octanol–water partition coefficient (Wildman–Crippen LogP) is 3.16. The van der Waals surface area contributed by atoms with Crippen LogP contribution in [-0.2, 0) is 11.3 Å². The summed E-state index contributed by atoms with van der Waals surface area (Å²) in [5.74, 6) is 1.80. The molecule has 1 saturated carbocycles. The van der Waals surface area contributed by atoms with Crippen molar-refractivity contribution in [3.63, 3.8) is 0 Å². The van der Waals surface area contributed by atoms with Crippen LogP contribution in [0.25, 0.3) is 0 Å². The van der Waals surface area contributed by atoms with Crippen LogP contribution in [0.5, 0.6) is 5.75 Å². The van der Waals surface area contributed by atoms with Gasteiger partial charge in [0.1, 0.15) is 5.75 Å². The van der Waals surface area contributed by atoms with Crippen molar-refractivity contribution in [2.75, 3.05) is 20.7 Å². The summed E-state index contributed by atoms with van der Waals surface area (Å²) in [5.41, 5.74) is 1.22. The lowest BCUT2D eigenvalue weighted by molar-refractivity contribution is -0.133. The highest BCUT2D eigenvalue weighted by Gasteiger charge is 2.33. The lowest BCUT2D eigenvalue weighted by Crippen LogP contribution is -2.44. The first-order chi connectivity index (χ1) is 10.9. The number of carbonyl (C=O) groups is 1. The summed E-state index contributed by atoms with van der Waals surface area (Å²) < 4.78 is 5.22. The van der Waals surface area contributed by atoms with Crippen LogP contribution in [0.2, 0.25) is 0 Å². The van der Waals surface area contributed by atoms with E-state index in [2.05, 4.69) is 37.8 Å². The maximum Gasteiger partial charge on any atom is 0.236 e. The number of methoxy groups -OCH3 is 1. The van der Waals surface area contributed by atoms with Gasteiger partial charge in [0.05, 0.1) is 13.7 Å². The number of nitrogens with zero attached hydrogens (tertiary/aromatic N) is 2. The third-order valence-corrected chi connectivity index (χ3v) is 4.93. The maximum absolute atomic E-state index is 12.5. The Morgan fingerprint density at radius 3 is 2.30 bits per heavy atom. The van der Waals surface area contributed by atoms with Gasteiger partial charge in [-0.25, -0.2) is 0 Å². The van der Waals surface area contributed by atoms with E-state index in [-0.39, 0.29) is 11.9 Å². The van der Waals surface area contributed by atoms with Crippen molar-refractivity contribution in [1.29, 1.82) is 0 Å². The van der Waals surface area contributed by atoms with Crippen LogP contribution >= 0.6 is 0 Å². The first-order valence-electron chi connectivity index (χ1n) is 8.55. The molecule has 0 aliphatic heterocycles. The quantitative estimate of drug-likeness (QED) is 0.738. The second-order valence-electron chi connectivity index (χ2n) is 6.93. The molecule has 2 rings (SSSR count). The largest absolute Gasteiger partial charge is 0.497 e. The molecular weight excluding hydrogens is 288 g/mol. The fourth-order valence-corrected chi connectivity index (χ4v) is 2.76. The summed E-state index contributed by atoms with van der Waals surface area (Å²) in [4.78, 5) is 16.7. The summed E-state index contributed by atoms with van der Waals surface area (Å²) in [6.45, 7) is 7.65. The van der Waals surface area contributed by atoms with Crippen molar-refractivity contribution in [1.82, 2.24) is 9.80 Å². The first kappa shape index (κ1) is 17.8. The van der Waals surface area contributed by atoms with E-state index in [1.807, 2.05) is 24.1 Å². The molecule has 1 unspecified atom stereocenters. The molecule has 4 heteroatoms. The lowest BCUT2D eigenvalue weighted by Gasteiger charge is -2.31. The molecule has 4 nitrogen and oxygen atoms in total. The topological polar surface area (TPSA) is 32.8 Å². The SMILES string of the molecule is COc1ccc(CN(CC(=O)N(C)C(C)C)C(C)C2CC2)cc1. The molecule has 23 heavy (non-hydrogen) atoms. The Hall–Kier alpha value is -1.55. The van der Waals surface area contributed by atoms with Crippen molar-refractivity contribution in [3.8, 4) is 5.75 Å². The summed E-state index contributed by atoms with van der Waals surface area (Å²) in [6, 6.07) is 8.82. The van der Waals surface area contributed by atoms with Crippen LogP contribution in [-0.4, -0.2) is 48.5 Å². The normalized spacial score (nSPS) is 15.8. The van der Waals surface area contributed by atoms with E-state index in [1.165, 1.54) is 18.4 Å². The van der Waals surface area contributed by atoms with Gasteiger partial charge < -0.3 is 9.64 Å². The van der Waals surface area contributed by atoms with Gasteiger partial charge in [-0.1, -0.05) is 12.1 Å². The second-order valence-corrected chi connectivity index (χ2v) is 6.93. The Kier molecular flexibility index (Phi) is 6.05. The van der Waals surface area contributed by atoms with Gasteiger partial charge in [0, 0.05) is 25.7 Å². The van der Waals surface area contributed by atoms with Gasteiger partial charge in [0.2, 0.25) is 5.91 Å². The number of hydrogen-bond donors (Lipinski definition) is 0. The Balaban J connectivity index is 2.05. The highest BCUT2D eigenvalue weighted by Crippen LogP contribution is 2.35. The molecule has 1 aromatic rings. The van der Waals surface area contributed by atoms with Crippen molar-refractivity contribution >= 4 is 5.91 Å². The van der Waals surface area contributed by atoms with Gasteiger partial charge in [-0.3, -0.25) is 9.69 Å². The van der Waals surface area contributed by atoms with Crippen LogP contribution < -0.4 is 4.74 Å². The molecule has 1 atom stereocenters. The summed E-state index contributed by atoms with van der Waals surface area (Å²) >= 11 is 0. The zero-order valence-corrected chi connectivity index (χ0v) is 15.1. The van der Waals surface area contributed by atoms with Gasteiger partial charge in [-0.05, 0) is 57.2 Å². The smallest absolute Gasteiger partial charge is 0.236 e. The lowest BCUT2D eigenvalue weighted by atomic mass is 10.1. The molecule has 0 bridgehead atoms. The van der Waals surface area contributed by atoms with E-state index in [9.17, 15) is 4.79 Å². The number of ether oxygens (including phenoxy) is 1. The Morgan fingerprint density at radius 1 is 1.22 bits per heavy atom. The molecule has 128 valence electrons. The minimum absolute atomic E-state index is 0.195. The molecule has 1 amide bonds. The van der Waals surface area contributed by atoms with Crippen LogP contribution in [0.4, 0.5) is 0 Å². The Labute approximate surface area is 140 Å². The molecule has 1 fully saturated rings. The zero-order chi connectivity index (χ0) is 17.0. The van der Waals surface area contributed by atoms with E-state index in [1.54, 1.807) is 7.11 Å². The number of carbonyl (C=O) groups excluding carboxylic acids is 1. The zero-order valence-electron chi connectivity index (χ0n) is 15.1. The van der Waals surface area contributed by atoms with Gasteiger partial charge in [0.15, 0.2) is 0 Å². The highest BCUT2D eigenvalue weighted by atomic mass is 16.5. The van der Waals surface area contributed by atoms with E-state index in [0.717, 1.165) is 18.2 Å². The minimum atomic E-state index is 0.195. The van der Waals surface area contributed by atoms with Gasteiger partial charge in [0.25, 0.3) is 0 Å². The minimum Gasteiger partial charge on any atom is -0.497 e. The molecule has 0 saturated heterocycles. The average Bonchev–Trinajstić information content (AvgIpc) is 3.38. The number of hydrogen-bond acceptors (Lipinski definition) is 3. The van der Waals surface area contributed by atoms with Crippen LogP contribution in [0, 0.1) is 5.92 Å². The number of likely N-dealkylation sites (N-methyl/N-ethyl adjacent to an activating group) is 1. The maximum atomic E-state index is 12.5.